The van der Waals surface area contributed by atoms with Crippen molar-refractivity contribution in [2.24, 2.45) is 0 Å². The van der Waals surface area contributed by atoms with Crippen LogP contribution in [-0.2, 0) is 0 Å². The van der Waals surface area contributed by atoms with Gasteiger partial charge in [0.15, 0.2) is 0 Å². The van der Waals surface area contributed by atoms with Crippen molar-refractivity contribution in [2.75, 3.05) is 0 Å². The minimum Gasteiger partial charge on any atom is -0.253 e. The van der Waals surface area contributed by atoms with Crippen molar-refractivity contribution in [3.8, 4) is 11.4 Å². The summed E-state index contributed by atoms with van der Waals surface area (Å²) >= 11 is 7.10. The van der Waals surface area contributed by atoms with Crippen LogP contribution in [0.3, 0.4) is 0 Å². The molecule has 82 valence electrons. The van der Waals surface area contributed by atoms with Gasteiger partial charge in [-0.05, 0) is 69.0 Å². The number of hydrogen-bond donors (Lipinski definition) is 0. The molecule has 0 aliphatic heterocycles. The predicted octanol–water partition coefficient (Wildman–Crippen LogP) is 4.29. The zero-order valence-electron chi connectivity index (χ0n) is 8.96. The molecule has 4 heteroatoms. The van der Waals surface area contributed by atoms with Gasteiger partial charge in [-0.15, -0.1) is 0 Å². The highest BCUT2D eigenvalue weighted by molar-refractivity contribution is 9.11. The fourth-order valence-corrected chi connectivity index (χ4v) is 2.26. The second kappa shape index (κ2) is 4.63. The molecule has 16 heavy (non-hydrogen) atoms. The zero-order chi connectivity index (χ0) is 11.7. The molecule has 0 saturated heterocycles. The Morgan fingerprint density at radius 3 is 1.56 bits per heavy atom. The molecule has 0 bridgehead atoms. The number of hydrogen-bond acceptors (Lipinski definition) is 2. The summed E-state index contributed by atoms with van der Waals surface area (Å²) in [6.45, 7) is 4.08. The van der Waals surface area contributed by atoms with Gasteiger partial charge in [0.05, 0.1) is 0 Å². The van der Waals surface area contributed by atoms with Crippen LogP contribution in [-0.4, -0.2) is 9.97 Å². The van der Waals surface area contributed by atoms with E-state index in [2.05, 4.69) is 41.8 Å². The Bertz CT molecular complexity index is 489. The van der Waals surface area contributed by atoms with E-state index in [0.29, 0.717) is 0 Å². The van der Waals surface area contributed by atoms with Crippen LogP contribution in [0.25, 0.3) is 11.4 Å². The van der Waals surface area contributed by atoms with Crippen molar-refractivity contribution in [1.29, 1.82) is 0 Å². The Kier molecular flexibility index (Phi) is 3.40. The molecule has 0 unspecified atom stereocenters. The van der Waals surface area contributed by atoms with Crippen molar-refractivity contribution in [3.05, 3.63) is 44.6 Å². The van der Waals surface area contributed by atoms with E-state index >= 15 is 0 Å². The lowest BCUT2D eigenvalue weighted by molar-refractivity contribution is 1.19. The topological polar surface area (TPSA) is 25.8 Å². The second-order valence-electron chi connectivity index (χ2n) is 3.58. The molecule has 0 fully saturated rings. The SMILES string of the molecule is Cc1ccnc(-c2nccc(C)c2Br)c1Br. The average Bonchev–Trinajstić information content (AvgIpc) is 2.27. The van der Waals surface area contributed by atoms with Crippen LogP contribution in [0.15, 0.2) is 33.5 Å². The fourth-order valence-electron chi connectivity index (χ4n) is 1.41. The van der Waals surface area contributed by atoms with Crippen molar-refractivity contribution >= 4 is 31.9 Å². The lowest BCUT2D eigenvalue weighted by Crippen LogP contribution is -1.93. The summed E-state index contributed by atoms with van der Waals surface area (Å²) in [6, 6.07) is 3.94. The van der Waals surface area contributed by atoms with Crippen LogP contribution in [0.4, 0.5) is 0 Å². The molecular weight excluding hydrogens is 332 g/mol. The normalized spacial score (nSPS) is 10.5. The first-order valence-electron chi connectivity index (χ1n) is 4.84. The highest BCUT2D eigenvalue weighted by Gasteiger charge is 2.12. The van der Waals surface area contributed by atoms with E-state index in [0.717, 1.165) is 31.5 Å². The third-order valence-electron chi connectivity index (χ3n) is 2.39. The summed E-state index contributed by atoms with van der Waals surface area (Å²) in [5.74, 6) is 0. The number of pyridine rings is 2. The highest BCUT2D eigenvalue weighted by Crippen LogP contribution is 2.33. The molecule has 2 aromatic rings. The Morgan fingerprint density at radius 2 is 1.19 bits per heavy atom. The summed E-state index contributed by atoms with van der Waals surface area (Å²) in [5, 5.41) is 0. The molecule has 0 aliphatic carbocycles. The standard InChI is InChI=1S/C12H10Br2N2/c1-7-3-5-15-11(9(7)13)12-10(14)8(2)4-6-16-12/h3-6H,1-2H3. The molecule has 0 aromatic carbocycles. The van der Waals surface area contributed by atoms with Crippen LogP contribution < -0.4 is 0 Å². The number of aryl methyl sites for hydroxylation is 2. The van der Waals surface area contributed by atoms with Gasteiger partial charge in [0, 0.05) is 21.3 Å². The molecule has 0 N–H and O–H groups in total. The molecule has 2 nitrogen and oxygen atoms in total. The third kappa shape index (κ3) is 2.04. The maximum atomic E-state index is 4.37. The molecule has 2 rings (SSSR count). The summed E-state index contributed by atoms with van der Waals surface area (Å²) in [6.07, 6.45) is 3.60. The van der Waals surface area contributed by atoms with E-state index < -0.39 is 0 Å². The molecule has 0 amide bonds. The van der Waals surface area contributed by atoms with Crippen LogP contribution in [0.1, 0.15) is 11.1 Å². The van der Waals surface area contributed by atoms with Gasteiger partial charge in [-0.25, -0.2) is 0 Å². The largest absolute Gasteiger partial charge is 0.253 e. The van der Waals surface area contributed by atoms with E-state index in [-0.39, 0.29) is 0 Å². The van der Waals surface area contributed by atoms with Gasteiger partial charge < -0.3 is 0 Å². The van der Waals surface area contributed by atoms with E-state index in [1.165, 1.54) is 0 Å². The highest BCUT2D eigenvalue weighted by atomic mass is 79.9. The maximum Gasteiger partial charge on any atom is 0.104 e. The number of aromatic nitrogens is 2. The van der Waals surface area contributed by atoms with Crippen molar-refractivity contribution < 1.29 is 0 Å². The van der Waals surface area contributed by atoms with Gasteiger partial charge in [-0.2, -0.15) is 0 Å². The Morgan fingerprint density at radius 1 is 0.812 bits per heavy atom. The molecule has 0 atom stereocenters. The van der Waals surface area contributed by atoms with Crippen LogP contribution in [0, 0.1) is 13.8 Å². The van der Waals surface area contributed by atoms with E-state index in [9.17, 15) is 0 Å². The smallest absolute Gasteiger partial charge is 0.104 e. The van der Waals surface area contributed by atoms with E-state index in [4.69, 9.17) is 0 Å². The first-order chi connectivity index (χ1) is 7.61. The van der Waals surface area contributed by atoms with E-state index in [1.54, 1.807) is 12.4 Å². The third-order valence-corrected chi connectivity index (χ3v) is 4.39. The lowest BCUT2D eigenvalue weighted by atomic mass is 10.1. The number of rotatable bonds is 1. The van der Waals surface area contributed by atoms with E-state index in [1.807, 2.05) is 26.0 Å². The van der Waals surface area contributed by atoms with Gasteiger partial charge in [0.1, 0.15) is 11.4 Å². The van der Waals surface area contributed by atoms with Crippen molar-refractivity contribution in [1.82, 2.24) is 9.97 Å². The van der Waals surface area contributed by atoms with Gasteiger partial charge in [0.2, 0.25) is 0 Å². The second-order valence-corrected chi connectivity index (χ2v) is 5.17. The Balaban J connectivity index is 2.68. The van der Waals surface area contributed by atoms with Crippen LogP contribution >= 0.6 is 31.9 Å². The molecule has 2 heterocycles. The Hall–Kier alpha value is -0.740. The van der Waals surface area contributed by atoms with Crippen molar-refractivity contribution in [2.45, 2.75) is 13.8 Å². The fraction of sp³-hybridized carbons (Fsp3) is 0.167. The van der Waals surface area contributed by atoms with Crippen molar-refractivity contribution in [3.63, 3.8) is 0 Å². The van der Waals surface area contributed by atoms with Gasteiger partial charge in [0.25, 0.3) is 0 Å². The molecule has 0 aliphatic rings. The molecule has 0 radical (unpaired) electrons. The maximum absolute atomic E-state index is 4.37. The van der Waals surface area contributed by atoms with Gasteiger partial charge >= 0.3 is 0 Å². The lowest BCUT2D eigenvalue weighted by Gasteiger charge is -2.08. The number of nitrogens with zero attached hydrogens (tertiary/aromatic N) is 2. The van der Waals surface area contributed by atoms with Gasteiger partial charge in [-0.1, -0.05) is 0 Å². The average molecular weight is 342 g/mol. The first-order valence-corrected chi connectivity index (χ1v) is 6.42. The summed E-state index contributed by atoms with van der Waals surface area (Å²) in [5.41, 5.74) is 4.05. The van der Waals surface area contributed by atoms with Crippen LogP contribution in [0.5, 0.6) is 0 Å². The van der Waals surface area contributed by atoms with Crippen LogP contribution in [0.2, 0.25) is 0 Å². The summed E-state index contributed by atoms with van der Waals surface area (Å²) in [7, 11) is 0. The first kappa shape index (κ1) is 11.7. The Labute approximate surface area is 111 Å². The minimum atomic E-state index is 0.871. The molecule has 2 aromatic heterocycles. The quantitative estimate of drug-likeness (QED) is 0.773. The summed E-state index contributed by atoms with van der Waals surface area (Å²) < 4.78 is 1.99. The molecule has 0 saturated carbocycles. The minimum absolute atomic E-state index is 0.871. The summed E-state index contributed by atoms with van der Waals surface area (Å²) in [4.78, 5) is 8.74. The molecule has 0 spiro atoms. The molecular formula is C12H10Br2N2. The predicted molar refractivity (Wildman–Crippen MR) is 72.3 cm³/mol. The monoisotopic (exact) mass is 340 g/mol. The number of halogens is 2. The van der Waals surface area contributed by atoms with Gasteiger partial charge in [-0.3, -0.25) is 9.97 Å². The zero-order valence-corrected chi connectivity index (χ0v) is 12.1.